The van der Waals surface area contributed by atoms with E-state index in [0.29, 0.717) is 17.2 Å². The molecule has 0 saturated carbocycles. The zero-order valence-corrected chi connectivity index (χ0v) is 12.3. The molecule has 0 radical (unpaired) electrons. The molecule has 0 aromatic heterocycles. The molecule has 1 aliphatic rings. The van der Waals surface area contributed by atoms with Crippen LogP contribution in [-0.4, -0.2) is 39.4 Å². The molecule has 5 heteroatoms. The van der Waals surface area contributed by atoms with Crippen LogP contribution in [0.15, 0.2) is 18.2 Å². The lowest BCUT2D eigenvalue weighted by Gasteiger charge is -2.38. The Morgan fingerprint density at radius 1 is 1.40 bits per heavy atom. The molecule has 0 spiro atoms. The number of nitrogen functional groups attached to an aromatic ring is 1. The Hall–Kier alpha value is -1.75. The van der Waals surface area contributed by atoms with Crippen LogP contribution < -0.4 is 10.6 Å². The molecule has 0 amide bonds. The van der Waals surface area contributed by atoms with Gasteiger partial charge in [-0.1, -0.05) is 6.92 Å². The smallest absolute Gasteiger partial charge is 0.340 e. The summed E-state index contributed by atoms with van der Waals surface area (Å²) >= 11 is 0. The summed E-state index contributed by atoms with van der Waals surface area (Å²) in [6.45, 7) is 3.86. The molecule has 1 aromatic carbocycles. The first-order valence-corrected chi connectivity index (χ1v) is 6.82. The van der Waals surface area contributed by atoms with E-state index in [1.807, 2.05) is 12.1 Å². The van der Waals surface area contributed by atoms with Crippen molar-refractivity contribution in [2.24, 2.45) is 5.92 Å². The number of hydrogen-bond acceptors (Lipinski definition) is 5. The fourth-order valence-corrected chi connectivity index (χ4v) is 2.66. The van der Waals surface area contributed by atoms with Gasteiger partial charge in [0.25, 0.3) is 0 Å². The van der Waals surface area contributed by atoms with Crippen molar-refractivity contribution in [3.8, 4) is 0 Å². The first-order chi connectivity index (χ1) is 9.56. The van der Waals surface area contributed by atoms with Crippen molar-refractivity contribution in [3.05, 3.63) is 23.8 Å². The van der Waals surface area contributed by atoms with Crippen LogP contribution in [0.25, 0.3) is 0 Å². The highest BCUT2D eigenvalue weighted by Gasteiger charge is 2.28. The molecule has 2 unspecified atom stereocenters. The molecule has 5 nitrogen and oxygen atoms in total. The molecule has 2 atom stereocenters. The number of anilines is 2. The van der Waals surface area contributed by atoms with Crippen molar-refractivity contribution < 1.29 is 14.3 Å². The van der Waals surface area contributed by atoms with Crippen molar-refractivity contribution >= 4 is 17.3 Å². The minimum Gasteiger partial charge on any atom is -0.465 e. The summed E-state index contributed by atoms with van der Waals surface area (Å²) in [5.41, 5.74) is 7.70. The van der Waals surface area contributed by atoms with E-state index in [-0.39, 0.29) is 12.1 Å². The van der Waals surface area contributed by atoms with E-state index in [1.165, 1.54) is 7.11 Å². The first kappa shape index (κ1) is 14.7. The molecule has 1 aromatic rings. The van der Waals surface area contributed by atoms with Crippen LogP contribution in [0.2, 0.25) is 0 Å². The first-order valence-electron chi connectivity index (χ1n) is 6.82. The summed E-state index contributed by atoms with van der Waals surface area (Å²) in [5.74, 6) is 0.159. The van der Waals surface area contributed by atoms with E-state index >= 15 is 0 Å². The summed E-state index contributed by atoms with van der Waals surface area (Å²) in [7, 11) is 3.11. The van der Waals surface area contributed by atoms with Gasteiger partial charge in [-0.05, 0) is 30.5 Å². The van der Waals surface area contributed by atoms with Gasteiger partial charge in [0.2, 0.25) is 0 Å². The Morgan fingerprint density at radius 3 is 2.80 bits per heavy atom. The molecular weight excluding hydrogens is 256 g/mol. The second-order valence-electron chi connectivity index (χ2n) is 5.25. The highest BCUT2D eigenvalue weighted by atomic mass is 16.5. The van der Waals surface area contributed by atoms with Gasteiger partial charge < -0.3 is 20.1 Å². The Kier molecular flexibility index (Phi) is 4.49. The van der Waals surface area contributed by atoms with Crippen LogP contribution in [0.5, 0.6) is 0 Å². The number of nitrogens with two attached hydrogens (primary N) is 1. The van der Waals surface area contributed by atoms with Gasteiger partial charge in [0.15, 0.2) is 0 Å². The number of benzene rings is 1. The van der Waals surface area contributed by atoms with Crippen LogP contribution in [0.4, 0.5) is 11.4 Å². The zero-order chi connectivity index (χ0) is 14.7. The lowest BCUT2D eigenvalue weighted by atomic mass is 9.95. The Labute approximate surface area is 119 Å². The molecule has 20 heavy (non-hydrogen) atoms. The average Bonchev–Trinajstić information content (AvgIpc) is 2.47. The molecular formula is C15H22N2O3. The summed E-state index contributed by atoms with van der Waals surface area (Å²) in [4.78, 5) is 14.1. The lowest BCUT2D eigenvalue weighted by molar-refractivity contribution is 0.0494. The summed E-state index contributed by atoms with van der Waals surface area (Å²) < 4.78 is 10.4. The fraction of sp³-hybridized carbons (Fsp3) is 0.533. The highest BCUT2D eigenvalue weighted by molar-refractivity contribution is 5.97. The number of piperidine rings is 1. The number of carbonyl (C=O) groups excluding carboxylic acids is 1. The van der Waals surface area contributed by atoms with E-state index in [4.69, 9.17) is 15.2 Å². The number of nitrogens with zero attached hydrogens (tertiary/aromatic N) is 1. The van der Waals surface area contributed by atoms with Crippen molar-refractivity contribution in [1.29, 1.82) is 0 Å². The van der Waals surface area contributed by atoms with Gasteiger partial charge in [-0.2, -0.15) is 0 Å². The third-order valence-electron chi connectivity index (χ3n) is 3.96. The normalized spacial score (nSPS) is 22.6. The number of ether oxygens (including phenoxy) is 2. The van der Waals surface area contributed by atoms with Crippen LogP contribution in [0.1, 0.15) is 23.7 Å². The van der Waals surface area contributed by atoms with Crippen LogP contribution in [-0.2, 0) is 9.47 Å². The molecule has 1 saturated heterocycles. The van der Waals surface area contributed by atoms with Crippen molar-refractivity contribution in [2.75, 3.05) is 37.9 Å². The second-order valence-corrected chi connectivity index (χ2v) is 5.25. The van der Waals surface area contributed by atoms with Gasteiger partial charge in [0.1, 0.15) is 0 Å². The quantitative estimate of drug-likeness (QED) is 0.676. The molecule has 1 aliphatic heterocycles. The van der Waals surface area contributed by atoms with Gasteiger partial charge in [0.05, 0.1) is 24.5 Å². The molecule has 0 bridgehead atoms. The van der Waals surface area contributed by atoms with Crippen molar-refractivity contribution in [3.63, 3.8) is 0 Å². The molecule has 2 rings (SSSR count). The zero-order valence-electron chi connectivity index (χ0n) is 12.3. The average molecular weight is 278 g/mol. The van der Waals surface area contributed by atoms with Gasteiger partial charge in [-0.25, -0.2) is 4.79 Å². The van der Waals surface area contributed by atoms with Crippen molar-refractivity contribution in [2.45, 2.75) is 19.4 Å². The minimum absolute atomic E-state index is 0.173. The molecule has 0 aliphatic carbocycles. The maximum atomic E-state index is 11.9. The van der Waals surface area contributed by atoms with E-state index in [2.05, 4.69) is 11.8 Å². The van der Waals surface area contributed by atoms with E-state index < -0.39 is 0 Å². The Morgan fingerprint density at radius 2 is 2.15 bits per heavy atom. The standard InChI is InChI=1S/C15H22N2O3/c1-10-6-7-17(9-14(10)19-2)13-5-4-11(16)8-12(13)15(18)20-3/h4-5,8,10,14H,6-7,9,16H2,1-3H3. The molecule has 110 valence electrons. The highest BCUT2D eigenvalue weighted by Crippen LogP contribution is 2.29. The molecule has 2 N–H and O–H groups in total. The summed E-state index contributed by atoms with van der Waals surface area (Å²) in [6, 6.07) is 5.35. The maximum Gasteiger partial charge on any atom is 0.340 e. The van der Waals surface area contributed by atoms with Gasteiger partial charge >= 0.3 is 5.97 Å². The number of rotatable bonds is 3. The Bertz CT molecular complexity index is 490. The summed E-state index contributed by atoms with van der Waals surface area (Å²) in [6.07, 6.45) is 1.20. The Balaban J connectivity index is 2.30. The largest absolute Gasteiger partial charge is 0.465 e. The van der Waals surface area contributed by atoms with E-state index in [0.717, 1.165) is 25.2 Å². The third kappa shape index (κ3) is 2.88. The lowest BCUT2D eigenvalue weighted by Crippen LogP contribution is -2.44. The third-order valence-corrected chi connectivity index (χ3v) is 3.96. The predicted molar refractivity (Wildman–Crippen MR) is 79.0 cm³/mol. The van der Waals surface area contributed by atoms with Gasteiger partial charge in [-0.3, -0.25) is 0 Å². The number of hydrogen-bond donors (Lipinski definition) is 1. The topological polar surface area (TPSA) is 64.8 Å². The van der Waals surface area contributed by atoms with Crippen LogP contribution in [0.3, 0.4) is 0 Å². The molecule has 1 fully saturated rings. The predicted octanol–water partition coefficient (Wildman–Crippen LogP) is 1.92. The monoisotopic (exact) mass is 278 g/mol. The van der Waals surface area contributed by atoms with Gasteiger partial charge in [-0.15, -0.1) is 0 Å². The minimum atomic E-state index is -0.361. The summed E-state index contributed by atoms with van der Waals surface area (Å²) in [5, 5.41) is 0. The number of methoxy groups -OCH3 is 2. The van der Waals surface area contributed by atoms with Gasteiger partial charge in [0, 0.05) is 25.9 Å². The van der Waals surface area contributed by atoms with Crippen LogP contribution >= 0.6 is 0 Å². The fourth-order valence-electron chi connectivity index (χ4n) is 2.66. The van der Waals surface area contributed by atoms with Crippen LogP contribution in [0, 0.1) is 5.92 Å². The number of carbonyl (C=O) groups is 1. The SMILES string of the molecule is COC(=O)c1cc(N)ccc1N1CCC(C)C(OC)C1. The van der Waals surface area contributed by atoms with Crippen molar-refractivity contribution in [1.82, 2.24) is 0 Å². The molecule has 1 heterocycles. The maximum absolute atomic E-state index is 11.9. The number of esters is 1. The second kappa shape index (κ2) is 6.13. The van der Waals surface area contributed by atoms with E-state index in [9.17, 15) is 4.79 Å². The van der Waals surface area contributed by atoms with E-state index in [1.54, 1.807) is 13.2 Å².